The lowest BCUT2D eigenvalue weighted by molar-refractivity contribution is -0.139. The summed E-state index contributed by atoms with van der Waals surface area (Å²) in [6.45, 7) is 15.2. The lowest BCUT2D eigenvalue weighted by Gasteiger charge is -2.27. The molecule has 1 aliphatic heterocycles. The zero-order valence-electron chi connectivity index (χ0n) is 18.2. The minimum atomic E-state index is -0.359. The van der Waals surface area contributed by atoms with Crippen LogP contribution in [0, 0.1) is 12.3 Å². The molecule has 1 unspecified atom stereocenters. The van der Waals surface area contributed by atoms with E-state index < -0.39 is 0 Å². The van der Waals surface area contributed by atoms with Crippen molar-refractivity contribution in [1.82, 2.24) is 15.2 Å². The van der Waals surface area contributed by atoms with E-state index >= 15 is 0 Å². The molecule has 1 fully saturated rings. The molecule has 1 N–H and O–H groups in total. The summed E-state index contributed by atoms with van der Waals surface area (Å²) in [7, 11) is 0. The Morgan fingerprint density at radius 2 is 2.10 bits per heavy atom. The smallest absolute Gasteiger partial charge is 0.243 e. The molecule has 0 aromatic carbocycles. The molecule has 1 atom stereocenters. The lowest BCUT2D eigenvalue weighted by Crippen LogP contribution is -2.47. The van der Waals surface area contributed by atoms with Gasteiger partial charge in [0, 0.05) is 19.5 Å². The molecule has 158 valence electrons. The minimum Gasteiger partial charge on any atom is -0.350 e. The first-order chi connectivity index (χ1) is 13.6. The lowest BCUT2D eigenvalue weighted by atomic mass is 9.91. The predicted molar refractivity (Wildman–Crippen MR) is 121 cm³/mol. The Morgan fingerprint density at radius 1 is 1.38 bits per heavy atom. The summed E-state index contributed by atoms with van der Waals surface area (Å²) in [4.78, 5) is 32.4. The van der Waals surface area contributed by atoms with Gasteiger partial charge in [-0.05, 0) is 43.3 Å². The van der Waals surface area contributed by atoms with E-state index in [1.807, 2.05) is 58.4 Å². The zero-order valence-corrected chi connectivity index (χ0v) is 19.1. The second kappa shape index (κ2) is 10.0. The summed E-state index contributed by atoms with van der Waals surface area (Å²) >= 11 is 1.57. The van der Waals surface area contributed by atoms with E-state index in [0.29, 0.717) is 19.5 Å². The van der Waals surface area contributed by atoms with Gasteiger partial charge in [0.05, 0.1) is 16.1 Å². The minimum absolute atomic E-state index is 0.0672. The number of likely N-dealkylation sites (tertiary alicyclic amines) is 1. The largest absolute Gasteiger partial charge is 0.350 e. The number of nitrogens with zero attached hydrogens (tertiary/aromatic N) is 2. The van der Waals surface area contributed by atoms with Gasteiger partial charge in [0.15, 0.2) is 0 Å². The van der Waals surface area contributed by atoms with Crippen molar-refractivity contribution in [2.75, 3.05) is 13.1 Å². The van der Waals surface area contributed by atoms with Crippen LogP contribution >= 0.6 is 11.3 Å². The van der Waals surface area contributed by atoms with E-state index in [4.69, 9.17) is 0 Å². The van der Waals surface area contributed by atoms with Crippen molar-refractivity contribution >= 4 is 28.7 Å². The number of allylic oxidation sites excluding steroid dienone is 3. The van der Waals surface area contributed by atoms with Crippen LogP contribution in [0.1, 0.15) is 57.5 Å². The highest BCUT2D eigenvalue weighted by Gasteiger charge is 2.35. The van der Waals surface area contributed by atoms with Gasteiger partial charge in [-0.15, -0.1) is 11.3 Å². The Bertz CT molecular complexity index is 814. The number of carbonyl (C=O) groups is 2. The van der Waals surface area contributed by atoms with Gasteiger partial charge < -0.3 is 10.2 Å². The average molecular weight is 416 g/mol. The second-order valence-corrected chi connectivity index (χ2v) is 9.54. The van der Waals surface area contributed by atoms with Gasteiger partial charge in [0.2, 0.25) is 11.8 Å². The Hall–Kier alpha value is -2.21. The number of aromatic nitrogens is 1. The fourth-order valence-electron chi connectivity index (χ4n) is 3.35. The molecule has 2 heterocycles. The Kier molecular flexibility index (Phi) is 7.96. The van der Waals surface area contributed by atoms with Crippen molar-refractivity contribution in [3.05, 3.63) is 46.5 Å². The molecule has 2 rings (SSSR count). The molecular formula is C23H33N3O2S. The Balaban J connectivity index is 1.92. The van der Waals surface area contributed by atoms with Crippen LogP contribution in [-0.4, -0.2) is 40.8 Å². The topological polar surface area (TPSA) is 62.3 Å². The highest BCUT2D eigenvalue weighted by molar-refractivity contribution is 7.11. The van der Waals surface area contributed by atoms with Crippen molar-refractivity contribution < 1.29 is 9.59 Å². The van der Waals surface area contributed by atoms with Gasteiger partial charge in [0.1, 0.15) is 6.04 Å². The third kappa shape index (κ3) is 6.67. The molecule has 0 radical (unpaired) electrons. The standard InChI is InChI=1S/C23H33N3O2S/c1-7-18(11-10-16(2)21-17(3)25-15-29-21)14-24-22(28)19-9-8-12-26(19)20(27)13-23(4,5)6/h7,10-11,15,19H,2,8-9,12-14H2,1,3-6H3,(H,24,28)/b11-10-,18-7+. The zero-order chi connectivity index (χ0) is 21.6. The van der Waals surface area contributed by atoms with Crippen molar-refractivity contribution in [2.24, 2.45) is 5.41 Å². The van der Waals surface area contributed by atoms with E-state index in [0.717, 1.165) is 34.6 Å². The van der Waals surface area contributed by atoms with Crippen LogP contribution in [0.2, 0.25) is 0 Å². The molecule has 0 spiro atoms. The SMILES string of the molecule is C=C(/C=C\C(=C/C)CNC(=O)C1CCCN1C(=O)CC(C)(C)C)c1scnc1C. The van der Waals surface area contributed by atoms with Crippen molar-refractivity contribution in [1.29, 1.82) is 0 Å². The van der Waals surface area contributed by atoms with Crippen LogP contribution in [-0.2, 0) is 9.59 Å². The summed E-state index contributed by atoms with van der Waals surface area (Å²) in [5.41, 5.74) is 4.61. The molecule has 1 aliphatic rings. The molecule has 1 aromatic rings. The summed E-state index contributed by atoms with van der Waals surface area (Å²) in [6.07, 6.45) is 7.96. The number of rotatable bonds is 7. The number of amides is 2. The highest BCUT2D eigenvalue weighted by Crippen LogP contribution is 2.25. The maximum absolute atomic E-state index is 12.7. The number of hydrogen-bond acceptors (Lipinski definition) is 4. The molecule has 0 bridgehead atoms. The van der Waals surface area contributed by atoms with Crippen LogP contribution in [0.25, 0.3) is 5.57 Å². The normalized spacial score (nSPS) is 17.8. The van der Waals surface area contributed by atoms with Gasteiger partial charge in [-0.1, -0.05) is 45.6 Å². The summed E-state index contributed by atoms with van der Waals surface area (Å²) < 4.78 is 0. The quantitative estimate of drug-likeness (QED) is 0.667. The molecule has 0 saturated carbocycles. The van der Waals surface area contributed by atoms with Crippen molar-refractivity contribution in [2.45, 2.75) is 59.9 Å². The molecule has 1 saturated heterocycles. The summed E-state index contributed by atoms with van der Waals surface area (Å²) in [5, 5.41) is 3.00. The maximum Gasteiger partial charge on any atom is 0.243 e. The van der Waals surface area contributed by atoms with Crippen LogP contribution in [0.5, 0.6) is 0 Å². The van der Waals surface area contributed by atoms with E-state index in [9.17, 15) is 9.59 Å². The maximum atomic E-state index is 12.7. The number of hydrogen-bond donors (Lipinski definition) is 1. The monoisotopic (exact) mass is 415 g/mol. The van der Waals surface area contributed by atoms with Gasteiger partial charge in [-0.3, -0.25) is 9.59 Å². The first-order valence-corrected chi connectivity index (χ1v) is 11.0. The number of carbonyl (C=O) groups excluding carboxylic acids is 2. The Labute approximate surface area is 178 Å². The van der Waals surface area contributed by atoms with Crippen LogP contribution in [0.15, 0.2) is 35.9 Å². The van der Waals surface area contributed by atoms with E-state index in [-0.39, 0.29) is 23.3 Å². The molecule has 1 aromatic heterocycles. The first kappa shape index (κ1) is 23.1. The van der Waals surface area contributed by atoms with Crippen LogP contribution in [0.3, 0.4) is 0 Å². The van der Waals surface area contributed by atoms with Crippen LogP contribution in [0.4, 0.5) is 0 Å². The van der Waals surface area contributed by atoms with Gasteiger partial charge in [-0.2, -0.15) is 0 Å². The second-order valence-electron chi connectivity index (χ2n) is 8.69. The third-order valence-electron chi connectivity index (χ3n) is 4.93. The Morgan fingerprint density at radius 3 is 2.69 bits per heavy atom. The van der Waals surface area contributed by atoms with E-state index in [1.165, 1.54) is 0 Å². The molecule has 2 amide bonds. The molecule has 6 heteroatoms. The number of aryl methyl sites for hydroxylation is 1. The average Bonchev–Trinajstić information content (AvgIpc) is 3.29. The number of thiazole rings is 1. The van der Waals surface area contributed by atoms with Crippen LogP contribution < -0.4 is 5.32 Å². The molecule has 5 nitrogen and oxygen atoms in total. The van der Waals surface area contributed by atoms with Crippen molar-refractivity contribution in [3.8, 4) is 0 Å². The van der Waals surface area contributed by atoms with Crippen molar-refractivity contribution in [3.63, 3.8) is 0 Å². The fraction of sp³-hybridized carbons (Fsp3) is 0.522. The van der Waals surface area contributed by atoms with E-state index in [2.05, 4.69) is 16.9 Å². The number of nitrogens with one attached hydrogen (secondary N) is 1. The highest BCUT2D eigenvalue weighted by atomic mass is 32.1. The predicted octanol–water partition coefficient (Wildman–Crippen LogP) is 4.51. The third-order valence-corrected chi connectivity index (χ3v) is 5.93. The van der Waals surface area contributed by atoms with Gasteiger partial charge >= 0.3 is 0 Å². The molecule has 0 aliphatic carbocycles. The van der Waals surface area contributed by atoms with Gasteiger partial charge in [-0.25, -0.2) is 4.98 Å². The molecular weight excluding hydrogens is 382 g/mol. The van der Waals surface area contributed by atoms with E-state index in [1.54, 1.807) is 16.2 Å². The first-order valence-electron chi connectivity index (χ1n) is 10.1. The summed E-state index contributed by atoms with van der Waals surface area (Å²) in [5.74, 6) is -0.00725. The fourth-order valence-corrected chi connectivity index (χ4v) is 4.11. The molecule has 29 heavy (non-hydrogen) atoms. The summed E-state index contributed by atoms with van der Waals surface area (Å²) in [6, 6.07) is -0.359. The van der Waals surface area contributed by atoms with Gasteiger partial charge in [0.25, 0.3) is 0 Å².